The average Bonchev–Trinajstić information content (AvgIpc) is 3.04. The minimum Gasteiger partial charge on any atom is -0.369 e. The van der Waals surface area contributed by atoms with Crippen LogP contribution in [-0.4, -0.2) is 55.6 Å². The van der Waals surface area contributed by atoms with Crippen molar-refractivity contribution in [2.45, 2.75) is 25.4 Å². The Morgan fingerprint density at radius 3 is 2.50 bits per heavy atom. The van der Waals surface area contributed by atoms with Crippen LogP contribution < -0.4 is 10.2 Å². The largest absolute Gasteiger partial charge is 0.471 e. The van der Waals surface area contributed by atoms with Gasteiger partial charge in [0.05, 0.1) is 0 Å². The van der Waals surface area contributed by atoms with Gasteiger partial charge < -0.3 is 15.1 Å². The zero-order chi connectivity index (χ0) is 18.7. The van der Waals surface area contributed by atoms with Gasteiger partial charge in [-0.3, -0.25) is 9.59 Å². The topological polar surface area (TPSA) is 52.7 Å². The van der Waals surface area contributed by atoms with E-state index in [0.29, 0.717) is 13.1 Å². The Bertz CT molecular complexity index is 670. The predicted molar refractivity (Wildman–Crippen MR) is 90.7 cm³/mol. The summed E-state index contributed by atoms with van der Waals surface area (Å²) < 4.78 is 37.3. The van der Waals surface area contributed by atoms with Crippen LogP contribution in [0.5, 0.6) is 0 Å². The van der Waals surface area contributed by atoms with Gasteiger partial charge in [-0.2, -0.15) is 13.2 Å². The van der Waals surface area contributed by atoms with Gasteiger partial charge in [0.25, 0.3) is 0 Å². The molecule has 3 rings (SSSR count). The molecular formula is C18H22F3N3O2. The molecule has 0 atom stereocenters. The number of hydrogen-bond acceptors (Lipinski definition) is 3. The molecule has 5 nitrogen and oxygen atoms in total. The second-order valence-electron chi connectivity index (χ2n) is 6.72. The molecule has 2 aliphatic rings. The van der Waals surface area contributed by atoms with Gasteiger partial charge in [0.2, 0.25) is 5.91 Å². The zero-order valence-electron chi connectivity index (χ0n) is 14.4. The summed E-state index contributed by atoms with van der Waals surface area (Å²) in [5, 5.41) is 2.88. The number of benzene rings is 1. The minimum absolute atomic E-state index is 0.0318. The number of anilines is 1. The van der Waals surface area contributed by atoms with E-state index in [2.05, 4.69) is 22.3 Å². The third-order valence-corrected chi connectivity index (χ3v) is 5.06. The first kappa shape index (κ1) is 18.5. The van der Waals surface area contributed by atoms with E-state index in [1.807, 2.05) is 12.1 Å². The lowest BCUT2D eigenvalue weighted by molar-refractivity contribution is -0.186. The van der Waals surface area contributed by atoms with Gasteiger partial charge >= 0.3 is 12.1 Å². The second-order valence-corrected chi connectivity index (χ2v) is 6.72. The first-order chi connectivity index (χ1) is 12.4. The van der Waals surface area contributed by atoms with Crippen LogP contribution in [0.4, 0.5) is 18.9 Å². The number of carbonyl (C=O) groups is 2. The highest BCUT2D eigenvalue weighted by molar-refractivity contribution is 5.83. The molecule has 2 amide bonds. The van der Waals surface area contributed by atoms with Gasteiger partial charge in [0.15, 0.2) is 0 Å². The zero-order valence-corrected chi connectivity index (χ0v) is 14.4. The van der Waals surface area contributed by atoms with E-state index in [4.69, 9.17) is 0 Å². The third-order valence-electron chi connectivity index (χ3n) is 5.06. The third kappa shape index (κ3) is 4.11. The molecule has 0 aliphatic carbocycles. The summed E-state index contributed by atoms with van der Waals surface area (Å²) in [6.45, 7) is 2.06. The number of alkyl halides is 3. The number of nitrogens with zero attached hydrogens (tertiary/aromatic N) is 2. The van der Waals surface area contributed by atoms with Crippen LogP contribution in [0.1, 0.15) is 18.4 Å². The van der Waals surface area contributed by atoms with Crippen LogP contribution in [0, 0.1) is 5.92 Å². The van der Waals surface area contributed by atoms with Gasteiger partial charge in [-0.15, -0.1) is 0 Å². The molecule has 1 N–H and O–H groups in total. The van der Waals surface area contributed by atoms with Crippen molar-refractivity contribution in [1.29, 1.82) is 0 Å². The van der Waals surface area contributed by atoms with Crippen molar-refractivity contribution >= 4 is 17.5 Å². The summed E-state index contributed by atoms with van der Waals surface area (Å²) in [4.78, 5) is 26.5. The molecule has 2 aliphatic heterocycles. The molecule has 8 heteroatoms. The predicted octanol–water partition coefficient (Wildman–Crippen LogP) is 1.97. The molecule has 2 heterocycles. The standard InChI is InChI=1S/C18H22F3N3O2/c19-18(20,21)17(26)24-10-6-14(7-11-24)16(25)22-8-12-23-9-5-13-3-1-2-4-15(13)23/h1-4,14H,5-12H2,(H,22,25). The van der Waals surface area contributed by atoms with Crippen LogP contribution in [0.3, 0.4) is 0 Å². The van der Waals surface area contributed by atoms with Crippen molar-refractivity contribution in [2.75, 3.05) is 37.6 Å². The highest BCUT2D eigenvalue weighted by Crippen LogP contribution is 2.27. The minimum atomic E-state index is -4.85. The molecule has 1 aromatic carbocycles. The number of para-hydroxylation sites is 1. The number of nitrogens with one attached hydrogen (secondary N) is 1. The maximum atomic E-state index is 12.4. The van der Waals surface area contributed by atoms with E-state index >= 15 is 0 Å². The van der Waals surface area contributed by atoms with Gasteiger partial charge in [-0.05, 0) is 30.9 Å². The van der Waals surface area contributed by atoms with Crippen LogP contribution in [0.15, 0.2) is 24.3 Å². The average molecular weight is 369 g/mol. The van der Waals surface area contributed by atoms with Crippen molar-refractivity contribution in [3.05, 3.63) is 29.8 Å². The Hall–Kier alpha value is -2.25. The summed E-state index contributed by atoms with van der Waals surface area (Å²) >= 11 is 0. The second kappa shape index (κ2) is 7.55. The van der Waals surface area contributed by atoms with Gasteiger partial charge in [0.1, 0.15) is 0 Å². The van der Waals surface area contributed by atoms with Crippen molar-refractivity contribution < 1.29 is 22.8 Å². The summed E-state index contributed by atoms with van der Waals surface area (Å²) in [5.41, 5.74) is 2.50. The molecule has 1 saturated heterocycles. The number of likely N-dealkylation sites (tertiary alicyclic amines) is 1. The number of amides is 2. The molecule has 26 heavy (non-hydrogen) atoms. The highest BCUT2D eigenvalue weighted by Gasteiger charge is 2.43. The number of hydrogen-bond donors (Lipinski definition) is 1. The lowest BCUT2D eigenvalue weighted by Crippen LogP contribution is -2.48. The normalized spacial score (nSPS) is 18.0. The fraction of sp³-hybridized carbons (Fsp3) is 0.556. The van der Waals surface area contributed by atoms with Gasteiger partial charge in [-0.1, -0.05) is 18.2 Å². The SMILES string of the molecule is O=C(NCCN1CCc2ccccc21)C1CCN(C(=O)C(F)(F)F)CC1. The van der Waals surface area contributed by atoms with E-state index in [1.54, 1.807) is 0 Å². The Labute approximate surface area is 150 Å². The fourth-order valence-electron chi connectivity index (χ4n) is 3.62. The molecule has 0 radical (unpaired) electrons. The molecule has 1 aromatic rings. The number of fused-ring (bicyclic) bond motifs is 1. The Kier molecular flexibility index (Phi) is 5.38. The highest BCUT2D eigenvalue weighted by atomic mass is 19.4. The fourth-order valence-corrected chi connectivity index (χ4v) is 3.62. The molecule has 0 spiro atoms. The molecule has 1 fully saturated rings. The van der Waals surface area contributed by atoms with Crippen LogP contribution >= 0.6 is 0 Å². The summed E-state index contributed by atoms with van der Waals surface area (Å²) in [6.07, 6.45) is -3.32. The first-order valence-electron chi connectivity index (χ1n) is 8.83. The summed E-state index contributed by atoms with van der Waals surface area (Å²) in [7, 11) is 0. The van der Waals surface area contributed by atoms with Crippen molar-refractivity contribution in [2.24, 2.45) is 5.92 Å². The molecule has 0 saturated carbocycles. The molecule has 0 unspecified atom stereocenters. The Morgan fingerprint density at radius 2 is 1.81 bits per heavy atom. The lowest BCUT2D eigenvalue weighted by atomic mass is 9.96. The van der Waals surface area contributed by atoms with Crippen LogP contribution in [0.25, 0.3) is 0 Å². The quantitative estimate of drug-likeness (QED) is 0.883. The summed E-state index contributed by atoms with van der Waals surface area (Å²) in [6, 6.07) is 8.17. The van der Waals surface area contributed by atoms with Crippen molar-refractivity contribution in [1.82, 2.24) is 10.2 Å². The van der Waals surface area contributed by atoms with Gasteiger partial charge in [0, 0.05) is 44.3 Å². The summed E-state index contributed by atoms with van der Waals surface area (Å²) in [5.74, 6) is -2.29. The van der Waals surface area contributed by atoms with E-state index in [0.717, 1.165) is 17.9 Å². The number of piperidine rings is 1. The maximum Gasteiger partial charge on any atom is 0.471 e. The van der Waals surface area contributed by atoms with Gasteiger partial charge in [-0.25, -0.2) is 0 Å². The van der Waals surface area contributed by atoms with E-state index in [1.165, 1.54) is 11.3 Å². The Balaban J connectivity index is 1.41. The van der Waals surface area contributed by atoms with Crippen molar-refractivity contribution in [3.8, 4) is 0 Å². The monoisotopic (exact) mass is 369 g/mol. The van der Waals surface area contributed by atoms with E-state index in [-0.39, 0.29) is 37.8 Å². The molecule has 0 aromatic heterocycles. The van der Waals surface area contributed by atoms with Crippen LogP contribution in [0.2, 0.25) is 0 Å². The van der Waals surface area contributed by atoms with Crippen molar-refractivity contribution in [3.63, 3.8) is 0 Å². The maximum absolute atomic E-state index is 12.4. The number of carbonyl (C=O) groups excluding carboxylic acids is 2. The molecular weight excluding hydrogens is 347 g/mol. The lowest BCUT2D eigenvalue weighted by Gasteiger charge is -2.31. The van der Waals surface area contributed by atoms with E-state index < -0.39 is 12.1 Å². The van der Waals surface area contributed by atoms with Crippen LogP contribution in [-0.2, 0) is 16.0 Å². The smallest absolute Gasteiger partial charge is 0.369 e. The molecule has 0 bridgehead atoms. The molecule has 142 valence electrons. The number of rotatable bonds is 4. The Morgan fingerprint density at radius 1 is 1.12 bits per heavy atom. The van der Waals surface area contributed by atoms with E-state index in [9.17, 15) is 22.8 Å². The first-order valence-corrected chi connectivity index (χ1v) is 8.83. The number of halogens is 3.